The predicted octanol–water partition coefficient (Wildman–Crippen LogP) is 0.874. The molecule has 2 rings (SSSR count). The molecule has 6 nitrogen and oxygen atoms in total. The van der Waals surface area contributed by atoms with E-state index >= 15 is 0 Å². The van der Waals surface area contributed by atoms with Crippen molar-refractivity contribution >= 4 is 17.6 Å². The molecular weight excluding hydrogens is 260 g/mol. The highest BCUT2D eigenvalue weighted by Crippen LogP contribution is 2.22. The Balaban J connectivity index is 1.93. The Hall–Kier alpha value is -2.08. The van der Waals surface area contributed by atoms with Gasteiger partial charge in [0.05, 0.1) is 12.5 Å². The van der Waals surface area contributed by atoms with Gasteiger partial charge in [0.2, 0.25) is 0 Å². The fourth-order valence-electron chi connectivity index (χ4n) is 2.19. The molecule has 1 aliphatic rings. The zero-order valence-electron chi connectivity index (χ0n) is 11.3. The summed E-state index contributed by atoms with van der Waals surface area (Å²) in [6.07, 6.45) is 0.258. The van der Waals surface area contributed by atoms with Gasteiger partial charge in [-0.1, -0.05) is 0 Å². The Labute approximate surface area is 117 Å². The van der Waals surface area contributed by atoms with Crippen molar-refractivity contribution < 1.29 is 19.4 Å². The first-order chi connectivity index (χ1) is 9.60. The quantitative estimate of drug-likeness (QED) is 0.719. The Morgan fingerprint density at radius 1 is 1.50 bits per heavy atom. The summed E-state index contributed by atoms with van der Waals surface area (Å²) >= 11 is 0. The normalized spacial score (nSPS) is 14.2. The number of rotatable bonds is 6. The molecule has 0 aromatic heterocycles. The van der Waals surface area contributed by atoms with Crippen molar-refractivity contribution in [1.29, 1.82) is 0 Å². The molecule has 1 atom stereocenters. The van der Waals surface area contributed by atoms with Crippen LogP contribution in [0.3, 0.4) is 0 Å². The minimum absolute atomic E-state index is 0.134. The summed E-state index contributed by atoms with van der Waals surface area (Å²) < 4.78 is 5.02. The van der Waals surface area contributed by atoms with Gasteiger partial charge < -0.3 is 20.5 Å². The van der Waals surface area contributed by atoms with Crippen molar-refractivity contribution in [3.63, 3.8) is 0 Å². The lowest BCUT2D eigenvalue weighted by Crippen LogP contribution is -2.34. The molecule has 1 aromatic carbocycles. The average molecular weight is 278 g/mol. The lowest BCUT2D eigenvalue weighted by molar-refractivity contribution is -0.139. The number of fused-ring (bicyclic) bond motifs is 1. The molecule has 1 aliphatic heterocycles. The Bertz CT molecular complexity index is 516. The average Bonchev–Trinajstić information content (AvgIpc) is 2.89. The summed E-state index contributed by atoms with van der Waals surface area (Å²) in [5, 5.41) is 14.6. The van der Waals surface area contributed by atoms with Gasteiger partial charge in [-0.15, -0.1) is 0 Å². The summed E-state index contributed by atoms with van der Waals surface area (Å²) in [4.78, 5) is 22.6. The van der Waals surface area contributed by atoms with Crippen molar-refractivity contribution in [2.45, 2.75) is 18.9 Å². The third-order valence-corrected chi connectivity index (χ3v) is 3.30. The minimum atomic E-state index is -0.949. The van der Waals surface area contributed by atoms with Gasteiger partial charge >= 0.3 is 5.97 Å². The second-order valence-corrected chi connectivity index (χ2v) is 4.71. The molecule has 108 valence electrons. The molecule has 20 heavy (non-hydrogen) atoms. The third-order valence-electron chi connectivity index (χ3n) is 3.30. The van der Waals surface area contributed by atoms with E-state index in [1.807, 2.05) is 12.1 Å². The van der Waals surface area contributed by atoms with Crippen molar-refractivity contribution in [2.75, 3.05) is 25.5 Å². The van der Waals surface area contributed by atoms with Crippen LogP contribution in [0.4, 0.5) is 5.69 Å². The molecule has 3 N–H and O–H groups in total. The molecule has 1 heterocycles. The lowest BCUT2D eigenvalue weighted by Gasteiger charge is -2.14. The molecule has 1 aromatic rings. The number of carboxylic acids is 1. The summed E-state index contributed by atoms with van der Waals surface area (Å²) in [5.41, 5.74) is 2.78. The first kappa shape index (κ1) is 14.3. The number of carbonyl (C=O) groups excluding carboxylic acids is 1. The van der Waals surface area contributed by atoms with Crippen molar-refractivity contribution in [2.24, 2.45) is 0 Å². The van der Waals surface area contributed by atoms with Crippen LogP contribution in [0, 0.1) is 0 Å². The van der Waals surface area contributed by atoms with Crippen LogP contribution in [0.15, 0.2) is 18.2 Å². The first-order valence-corrected chi connectivity index (χ1v) is 6.49. The highest BCUT2D eigenvalue weighted by atomic mass is 16.5. The number of carboxylic acid groups (broad SMARTS) is 1. The van der Waals surface area contributed by atoms with E-state index in [-0.39, 0.29) is 18.9 Å². The zero-order chi connectivity index (χ0) is 14.5. The van der Waals surface area contributed by atoms with Gasteiger partial charge in [-0.25, -0.2) is 0 Å². The number of carbonyl (C=O) groups is 2. The van der Waals surface area contributed by atoms with E-state index < -0.39 is 12.1 Å². The highest BCUT2D eigenvalue weighted by molar-refractivity contribution is 5.95. The van der Waals surface area contributed by atoms with Gasteiger partial charge in [0.15, 0.2) is 0 Å². The summed E-state index contributed by atoms with van der Waals surface area (Å²) in [6, 6.07) is 5.51. The second kappa shape index (κ2) is 6.38. The monoisotopic (exact) mass is 278 g/mol. The SMILES string of the molecule is COC(CNC(=O)c1ccc2c(c1)CCN2)CC(=O)O. The zero-order valence-corrected chi connectivity index (χ0v) is 11.3. The largest absolute Gasteiger partial charge is 0.481 e. The van der Waals surface area contributed by atoms with Crippen molar-refractivity contribution in [1.82, 2.24) is 5.32 Å². The first-order valence-electron chi connectivity index (χ1n) is 6.49. The molecular formula is C14H18N2O4. The van der Waals surface area contributed by atoms with Gasteiger partial charge in [-0.05, 0) is 30.2 Å². The van der Waals surface area contributed by atoms with E-state index in [4.69, 9.17) is 9.84 Å². The number of methoxy groups -OCH3 is 1. The number of ether oxygens (including phenoxy) is 1. The molecule has 1 amide bonds. The molecule has 0 saturated carbocycles. The van der Waals surface area contributed by atoms with Crippen LogP contribution >= 0.6 is 0 Å². The number of amides is 1. The van der Waals surface area contributed by atoms with E-state index in [1.165, 1.54) is 7.11 Å². The molecule has 0 aliphatic carbocycles. The van der Waals surface area contributed by atoms with E-state index in [1.54, 1.807) is 6.07 Å². The summed E-state index contributed by atoms with van der Waals surface area (Å²) in [6.45, 7) is 1.07. The Morgan fingerprint density at radius 2 is 2.30 bits per heavy atom. The second-order valence-electron chi connectivity index (χ2n) is 4.71. The van der Waals surface area contributed by atoms with Crippen LogP contribution in [0.1, 0.15) is 22.3 Å². The number of aliphatic carboxylic acids is 1. The van der Waals surface area contributed by atoms with Crippen LogP contribution in [0.5, 0.6) is 0 Å². The van der Waals surface area contributed by atoms with Crippen molar-refractivity contribution in [3.8, 4) is 0 Å². The predicted molar refractivity (Wildman–Crippen MR) is 74.0 cm³/mol. The maximum Gasteiger partial charge on any atom is 0.306 e. The molecule has 0 spiro atoms. The standard InChI is InChI=1S/C14H18N2O4/c1-20-11(7-13(17)18)8-16-14(19)10-2-3-12-9(6-10)4-5-15-12/h2-3,6,11,15H,4-5,7-8H2,1H3,(H,16,19)(H,17,18). The number of anilines is 1. The van der Waals surface area contributed by atoms with Gasteiger partial charge in [0.1, 0.15) is 0 Å². The molecule has 6 heteroatoms. The van der Waals surface area contributed by atoms with Crippen molar-refractivity contribution in [3.05, 3.63) is 29.3 Å². The van der Waals surface area contributed by atoms with Gasteiger partial charge in [0, 0.05) is 31.5 Å². The van der Waals surface area contributed by atoms with Crippen LogP contribution in [-0.2, 0) is 16.0 Å². The maximum absolute atomic E-state index is 12.0. The Morgan fingerprint density at radius 3 is 3.00 bits per heavy atom. The van der Waals surface area contributed by atoms with Crippen LogP contribution < -0.4 is 10.6 Å². The fourth-order valence-corrected chi connectivity index (χ4v) is 2.19. The van der Waals surface area contributed by atoms with E-state index in [9.17, 15) is 9.59 Å². The molecule has 0 saturated heterocycles. The summed E-state index contributed by atoms with van der Waals surface area (Å²) in [5.74, 6) is -1.16. The topological polar surface area (TPSA) is 87.7 Å². The summed E-state index contributed by atoms with van der Waals surface area (Å²) in [7, 11) is 1.43. The fraction of sp³-hybridized carbons (Fsp3) is 0.429. The van der Waals surface area contributed by atoms with E-state index in [2.05, 4.69) is 10.6 Å². The number of nitrogens with one attached hydrogen (secondary N) is 2. The lowest BCUT2D eigenvalue weighted by atomic mass is 10.1. The van der Waals surface area contributed by atoms with Gasteiger partial charge in [-0.2, -0.15) is 0 Å². The smallest absolute Gasteiger partial charge is 0.306 e. The van der Waals surface area contributed by atoms with Gasteiger partial charge in [-0.3, -0.25) is 9.59 Å². The molecule has 0 fully saturated rings. The van der Waals surface area contributed by atoms with Crippen LogP contribution in [-0.4, -0.2) is 43.3 Å². The molecule has 1 unspecified atom stereocenters. The number of benzene rings is 1. The number of hydrogen-bond donors (Lipinski definition) is 3. The molecule has 0 bridgehead atoms. The van der Waals surface area contributed by atoms with E-state index in [0.29, 0.717) is 5.56 Å². The maximum atomic E-state index is 12.0. The third kappa shape index (κ3) is 3.48. The van der Waals surface area contributed by atoms with Crippen LogP contribution in [0.2, 0.25) is 0 Å². The Kier molecular flexibility index (Phi) is 4.57. The molecule has 0 radical (unpaired) electrons. The minimum Gasteiger partial charge on any atom is -0.481 e. The van der Waals surface area contributed by atoms with Gasteiger partial charge in [0.25, 0.3) is 5.91 Å². The number of hydrogen-bond acceptors (Lipinski definition) is 4. The van der Waals surface area contributed by atoms with E-state index in [0.717, 1.165) is 24.2 Å². The van der Waals surface area contributed by atoms with Crippen LogP contribution in [0.25, 0.3) is 0 Å². The highest BCUT2D eigenvalue weighted by Gasteiger charge is 2.16.